The third-order valence-electron chi connectivity index (χ3n) is 3.82. The molecule has 0 spiro atoms. The number of rotatable bonds is 8. The first kappa shape index (κ1) is 19.1. The van der Waals surface area contributed by atoms with Crippen LogP contribution < -0.4 is 14.8 Å². The molecule has 2 aromatic carbocycles. The number of benzene rings is 2. The topological polar surface area (TPSA) is 50.8 Å². The molecule has 2 aromatic rings. The molecule has 0 saturated heterocycles. The predicted octanol–water partition coefficient (Wildman–Crippen LogP) is 3.82. The molecule has 134 valence electrons. The van der Waals surface area contributed by atoms with Crippen LogP contribution in [0.4, 0.5) is 5.69 Å². The van der Waals surface area contributed by atoms with Crippen molar-refractivity contribution in [2.45, 2.75) is 13.5 Å². The van der Waals surface area contributed by atoms with Gasteiger partial charge in [0.05, 0.1) is 20.8 Å². The molecule has 0 aliphatic rings. The summed E-state index contributed by atoms with van der Waals surface area (Å²) in [7, 11) is 3.23. The molecule has 0 saturated carbocycles. The fraction of sp³-hybridized carbons (Fsp3) is 0.316. The van der Waals surface area contributed by atoms with E-state index in [1.54, 1.807) is 20.3 Å². The highest BCUT2D eigenvalue weighted by Crippen LogP contribution is 2.24. The standard InChI is InChI=1S/C19H23ClN2O3/c1-4-22(12-14-11-15(20)5-10-18(14)25-3)13-19(23)21-16-6-8-17(24-2)9-7-16/h5-11H,4,12-13H2,1-3H3,(H,21,23). The van der Waals surface area contributed by atoms with Crippen LogP contribution in [-0.2, 0) is 11.3 Å². The number of hydrogen-bond acceptors (Lipinski definition) is 4. The van der Waals surface area contributed by atoms with Crippen molar-refractivity contribution in [1.82, 2.24) is 4.90 Å². The molecule has 2 rings (SSSR count). The molecule has 1 N–H and O–H groups in total. The van der Waals surface area contributed by atoms with Crippen molar-refractivity contribution in [3.8, 4) is 11.5 Å². The van der Waals surface area contributed by atoms with Crippen LogP contribution in [0, 0.1) is 0 Å². The molecular formula is C19H23ClN2O3. The minimum atomic E-state index is -0.0759. The van der Waals surface area contributed by atoms with Gasteiger partial charge in [-0.3, -0.25) is 9.69 Å². The number of ether oxygens (including phenoxy) is 2. The highest BCUT2D eigenvalue weighted by atomic mass is 35.5. The number of anilines is 1. The third-order valence-corrected chi connectivity index (χ3v) is 4.06. The second kappa shape index (κ2) is 9.30. The van der Waals surface area contributed by atoms with E-state index < -0.39 is 0 Å². The van der Waals surface area contributed by atoms with E-state index in [1.807, 2.05) is 48.2 Å². The first-order chi connectivity index (χ1) is 12.0. The number of nitrogens with one attached hydrogen (secondary N) is 1. The van der Waals surface area contributed by atoms with Crippen molar-refractivity contribution in [2.24, 2.45) is 0 Å². The quantitative estimate of drug-likeness (QED) is 0.775. The second-order valence-corrected chi connectivity index (χ2v) is 5.97. The van der Waals surface area contributed by atoms with E-state index in [0.717, 1.165) is 29.3 Å². The van der Waals surface area contributed by atoms with Crippen molar-refractivity contribution in [3.05, 3.63) is 53.1 Å². The molecule has 0 bridgehead atoms. The average Bonchev–Trinajstić information content (AvgIpc) is 2.62. The Morgan fingerprint density at radius 1 is 1.12 bits per heavy atom. The van der Waals surface area contributed by atoms with Crippen LogP contribution in [-0.4, -0.2) is 38.1 Å². The molecule has 0 unspecified atom stereocenters. The van der Waals surface area contributed by atoms with Gasteiger partial charge in [0.2, 0.25) is 5.91 Å². The molecule has 0 aliphatic carbocycles. The predicted molar refractivity (Wildman–Crippen MR) is 101 cm³/mol. The molecule has 0 heterocycles. The smallest absolute Gasteiger partial charge is 0.238 e. The lowest BCUT2D eigenvalue weighted by Gasteiger charge is -2.21. The lowest BCUT2D eigenvalue weighted by atomic mass is 10.2. The van der Waals surface area contributed by atoms with E-state index in [2.05, 4.69) is 5.32 Å². The monoisotopic (exact) mass is 362 g/mol. The number of nitrogens with zero attached hydrogens (tertiary/aromatic N) is 1. The third kappa shape index (κ3) is 5.66. The van der Waals surface area contributed by atoms with Crippen molar-refractivity contribution in [2.75, 3.05) is 32.6 Å². The molecule has 5 nitrogen and oxygen atoms in total. The van der Waals surface area contributed by atoms with Gasteiger partial charge in [0.25, 0.3) is 0 Å². The van der Waals surface area contributed by atoms with E-state index in [0.29, 0.717) is 11.6 Å². The van der Waals surface area contributed by atoms with E-state index >= 15 is 0 Å². The molecule has 6 heteroatoms. The zero-order valence-corrected chi connectivity index (χ0v) is 15.5. The van der Waals surface area contributed by atoms with Gasteiger partial charge in [0.1, 0.15) is 11.5 Å². The molecule has 0 aliphatic heterocycles. The minimum absolute atomic E-state index is 0.0759. The summed E-state index contributed by atoms with van der Waals surface area (Å²) in [5.41, 5.74) is 1.69. The van der Waals surface area contributed by atoms with Crippen LogP contribution in [0.2, 0.25) is 5.02 Å². The lowest BCUT2D eigenvalue weighted by molar-refractivity contribution is -0.117. The molecule has 0 radical (unpaired) electrons. The first-order valence-electron chi connectivity index (χ1n) is 8.04. The van der Waals surface area contributed by atoms with Gasteiger partial charge in [0.15, 0.2) is 0 Å². The Morgan fingerprint density at radius 2 is 1.84 bits per heavy atom. The SMILES string of the molecule is CCN(CC(=O)Nc1ccc(OC)cc1)Cc1cc(Cl)ccc1OC. The van der Waals surface area contributed by atoms with Gasteiger partial charge >= 0.3 is 0 Å². The maximum absolute atomic E-state index is 12.3. The summed E-state index contributed by atoms with van der Waals surface area (Å²) < 4.78 is 10.5. The number of amides is 1. The first-order valence-corrected chi connectivity index (χ1v) is 8.42. The van der Waals surface area contributed by atoms with Crippen molar-refractivity contribution in [3.63, 3.8) is 0 Å². The summed E-state index contributed by atoms with van der Waals surface area (Å²) in [5, 5.41) is 3.54. The largest absolute Gasteiger partial charge is 0.497 e. The molecule has 25 heavy (non-hydrogen) atoms. The van der Waals surface area contributed by atoms with Gasteiger partial charge in [-0.25, -0.2) is 0 Å². The van der Waals surface area contributed by atoms with Gasteiger partial charge in [-0.15, -0.1) is 0 Å². The van der Waals surface area contributed by atoms with Crippen LogP contribution >= 0.6 is 11.6 Å². The lowest BCUT2D eigenvalue weighted by Crippen LogP contribution is -2.32. The Kier molecular flexibility index (Phi) is 7.10. The Balaban J connectivity index is 1.98. The summed E-state index contributed by atoms with van der Waals surface area (Å²) in [6.45, 7) is 3.60. The maximum atomic E-state index is 12.3. The Labute approximate surface area is 153 Å². The van der Waals surface area contributed by atoms with Crippen molar-refractivity contribution < 1.29 is 14.3 Å². The van der Waals surface area contributed by atoms with Crippen LogP contribution in [0.15, 0.2) is 42.5 Å². The number of likely N-dealkylation sites (N-methyl/N-ethyl adjacent to an activating group) is 1. The van der Waals surface area contributed by atoms with E-state index in [1.165, 1.54) is 0 Å². The average molecular weight is 363 g/mol. The molecule has 0 fully saturated rings. The normalized spacial score (nSPS) is 10.6. The minimum Gasteiger partial charge on any atom is -0.497 e. The van der Waals surface area contributed by atoms with Crippen molar-refractivity contribution >= 4 is 23.2 Å². The van der Waals surface area contributed by atoms with Gasteiger partial charge in [-0.1, -0.05) is 18.5 Å². The zero-order chi connectivity index (χ0) is 18.2. The number of carbonyl (C=O) groups excluding carboxylic acids is 1. The molecule has 1 amide bonds. The maximum Gasteiger partial charge on any atom is 0.238 e. The Hall–Kier alpha value is -2.24. The fourth-order valence-corrected chi connectivity index (χ4v) is 2.66. The summed E-state index contributed by atoms with van der Waals surface area (Å²) in [6, 6.07) is 12.7. The van der Waals surface area contributed by atoms with E-state index in [-0.39, 0.29) is 12.5 Å². The number of halogens is 1. The summed E-state index contributed by atoms with van der Waals surface area (Å²) in [5.74, 6) is 1.44. The zero-order valence-electron chi connectivity index (χ0n) is 14.7. The molecule has 0 aromatic heterocycles. The highest BCUT2D eigenvalue weighted by molar-refractivity contribution is 6.30. The van der Waals surface area contributed by atoms with Gasteiger partial charge in [-0.05, 0) is 49.0 Å². The fourth-order valence-electron chi connectivity index (χ4n) is 2.47. The number of methoxy groups -OCH3 is 2. The van der Waals surface area contributed by atoms with E-state index in [4.69, 9.17) is 21.1 Å². The summed E-state index contributed by atoms with van der Waals surface area (Å²) >= 11 is 6.07. The Morgan fingerprint density at radius 3 is 2.44 bits per heavy atom. The molecule has 0 atom stereocenters. The van der Waals surface area contributed by atoms with Crippen LogP contribution in [0.5, 0.6) is 11.5 Å². The highest BCUT2D eigenvalue weighted by Gasteiger charge is 2.13. The van der Waals surface area contributed by atoms with E-state index in [9.17, 15) is 4.79 Å². The number of carbonyl (C=O) groups is 1. The molecular weight excluding hydrogens is 340 g/mol. The van der Waals surface area contributed by atoms with Gasteiger partial charge < -0.3 is 14.8 Å². The van der Waals surface area contributed by atoms with Crippen LogP contribution in [0.25, 0.3) is 0 Å². The van der Waals surface area contributed by atoms with Crippen LogP contribution in [0.3, 0.4) is 0 Å². The van der Waals surface area contributed by atoms with Crippen LogP contribution in [0.1, 0.15) is 12.5 Å². The van der Waals surface area contributed by atoms with Gasteiger partial charge in [-0.2, -0.15) is 0 Å². The van der Waals surface area contributed by atoms with Gasteiger partial charge in [0, 0.05) is 22.8 Å². The summed E-state index contributed by atoms with van der Waals surface area (Å²) in [6.07, 6.45) is 0. The summed E-state index contributed by atoms with van der Waals surface area (Å²) in [4.78, 5) is 14.3. The Bertz CT molecular complexity index is 704. The number of hydrogen-bond donors (Lipinski definition) is 1. The second-order valence-electron chi connectivity index (χ2n) is 5.54. The van der Waals surface area contributed by atoms with Crippen molar-refractivity contribution in [1.29, 1.82) is 0 Å².